The molecule has 5 atom stereocenters. The molecule has 14 heteroatoms. The van der Waals surface area contributed by atoms with E-state index in [9.17, 15) is 33.9 Å². The Balaban J connectivity index is 1.59. The monoisotopic (exact) mass is 649 g/mol. The van der Waals surface area contributed by atoms with Gasteiger partial charge in [-0.3, -0.25) is 28.8 Å². The van der Waals surface area contributed by atoms with Crippen LogP contribution in [0.2, 0.25) is 0 Å². The Bertz CT molecular complexity index is 1440. The normalized spacial score (nSPS) is 23.8. The maximum Gasteiger partial charge on any atom is 0.246 e. The maximum absolute atomic E-state index is 14.1. The first-order valence-corrected chi connectivity index (χ1v) is 15.9. The van der Waals surface area contributed by atoms with Crippen molar-refractivity contribution in [3.8, 4) is 5.75 Å². The summed E-state index contributed by atoms with van der Waals surface area (Å²) in [4.78, 5) is 80.5. The topological polar surface area (TPSA) is 226 Å². The lowest BCUT2D eigenvalue weighted by Crippen LogP contribution is -2.59. The summed E-state index contributed by atoms with van der Waals surface area (Å²) in [6.45, 7) is 0.457. The first-order valence-electron chi connectivity index (χ1n) is 15.9. The number of primary amides is 1. The fraction of sp³-hybridized carbons (Fsp3) is 0.455. The van der Waals surface area contributed by atoms with Crippen LogP contribution in [-0.2, 0) is 41.6 Å². The highest BCUT2D eigenvalue weighted by molar-refractivity contribution is 5.97. The molecule has 2 aromatic rings. The highest BCUT2D eigenvalue weighted by Crippen LogP contribution is 2.21. The molecule has 2 aliphatic rings. The number of aromatic hydroxyl groups is 1. The Morgan fingerprint density at radius 1 is 0.915 bits per heavy atom. The van der Waals surface area contributed by atoms with Crippen molar-refractivity contribution >= 4 is 35.4 Å². The van der Waals surface area contributed by atoms with Gasteiger partial charge in [0.1, 0.15) is 29.9 Å². The standard InChI is InChI=1S/C33H43N7O7/c34-23(17-21-11-13-22(41)14-12-21)30(44)37-24-9-4-5-15-36-28(42)19-25(29(35)43)38-32(46)27-10-6-16-40(27)33(47)26(39-31(24)45)18-20-7-2-1-3-8-20/h1-3,7-8,11-14,23-27,41H,4-6,9-10,15-19,34H2,(H2,35,43)(H,36,42)(H,37,44)(H,38,46)(H,39,45)/t23-,24+,25-,26-,27-/m0/s1. The first-order chi connectivity index (χ1) is 22.5. The van der Waals surface area contributed by atoms with Crippen molar-refractivity contribution in [2.24, 2.45) is 11.5 Å². The number of nitrogens with one attached hydrogen (secondary N) is 4. The van der Waals surface area contributed by atoms with Crippen molar-refractivity contribution < 1.29 is 33.9 Å². The summed E-state index contributed by atoms with van der Waals surface area (Å²) in [6.07, 6.45) is 1.77. The molecule has 0 bridgehead atoms. The molecular formula is C33H43N7O7. The van der Waals surface area contributed by atoms with E-state index in [4.69, 9.17) is 11.5 Å². The Morgan fingerprint density at radius 2 is 1.64 bits per heavy atom. The van der Waals surface area contributed by atoms with Crippen molar-refractivity contribution in [2.45, 2.75) is 81.6 Å². The Morgan fingerprint density at radius 3 is 2.34 bits per heavy atom. The smallest absolute Gasteiger partial charge is 0.246 e. The van der Waals surface area contributed by atoms with Gasteiger partial charge in [0.25, 0.3) is 0 Å². The molecule has 6 amide bonds. The predicted molar refractivity (Wildman–Crippen MR) is 171 cm³/mol. The van der Waals surface area contributed by atoms with E-state index >= 15 is 0 Å². The van der Waals surface area contributed by atoms with Crippen LogP contribution in [0.5, 0.6) is 5.75 Å². The number of phenolic OH excluding ortho intramolecular Hbond substituents is 1. The summed E-state index contributed by atoms with van der Waals surface area (Å²) < 4.78 is 0. The van der Waals surface area contributed by atoms with Crippen molar-refractivity contribution in [1.29, 1.82) is 0 Å². The van der Waals surface area contributed by atoms with Crippen LogP contribution in [0.25, 0.3) is 0 Å². The molecule has 252 valence electrons. The van der Waals surface area contributed by atoms with Crippen LogP contribution in [0.15, 0.2) is 54.6 Å². The lowest BCUT2D eigenvalue weighted by Gasteiger charge is -2.30. The third kappa shape index (κ3) is 10.0. The summed E-state index contributed by atoms with van der Waals surface area (Å²) >= 11 is 0. The molecule has 0 spiro atoms. The summed E-state index contributed by atoms with van der Waals surface area (Å²) in [7, 11) is 0. The molecular weight excluding hydrogens is 606 g/mol. The van der Waals surface area contributed by atoms with Crippen molar-refractivity contribution in [3.63, 3.8) is 0 Å². The second-order valence-corrected chi connectivity index (χ2v) is 12.0. The zero-order chi connectivity index (χ0) is 33.9. The molecule has 4 rings (SSSR count). The first kappa shape index (κ1) is 34.9. The minimum atomic E-state index is -1.26. The van der Waals surface area contributed by atoms with Crippen LogP contribution in [0.4, 0.5) is 0 Å². The number of rotatable bonds is 7. The number of amides is 6. The van der Waals surface area contributed by atoms with Gasteiger partial charge in [-0.25, -0.2) is 0 Å². The number of hydrogen-bond donors (Lipinski definition) is 7. The Labute approximate surface area is 273 Å². The van der Waals surface area contributed by atoms with Crippen LogP contribution in [-0.4, -0.2) is 88.7 Å². The summed E-state index contributed by atoms with van der Waals surface area (Å²) in [6, 6.07) is 10.0. The number of carbonyl (C=O) groups excluding carboxylic acids is 6. The third-order valence-electron chi connectivity index (χ3n) is 8.39. The molecule has 2 heterocycles. The molecule has 2 aromatic carbocycles. The van der Waals surface area contributed by atoms with E-state index in [2.05, 4.69) is 21.3 Å². The number of benzene rings is 2. The van der Waals surface area contributed by atoms with Crippen molar-refractivity contribution in [1.82, 2.24) is 26.2 Å². The molecule has 9 N–H and O–H groups in total. The van der Waals surface area contributed by atoms with Crippen LogP contribution in [0.3, 0.4) is 0 Å². The quantitative estimate of drug-likeness (QED) is 0.199. The summed E-state index contributed by atoms with van der Waals surface area (Å²) in [5.74, 6) is -3.57. The fourth-order valence-corrected chi connectivity index (χ4v) is 5.80. The number of carbonyl (C=O) groups is 6. The van der Waals surface area contributed by atoms with Crippen LogP contribution >= 0.6 is 0 Å². The van der Waals surface area contributed by atoms with Gasteiger partial charge in [0, 0.05) is 19.5 Å². The second kappa shape index (κ2) is 16.5. The average molecular weight is 650 g/mol. The largest absolute Gasteiger partial charge is 0.508 e. The van der Waals surface area contributed by atoms with E-state index in [0.29, 0.717) is 25.7 Å². The molecule has 47 heavy (non-hydrogen) atoms. The predicted octanol–water partition coefficient (Wildman–Crippen LogP) is -0.874. The minimum Gasteiger partial charge on any atom is -0.508 e. The Kier molecular flexibility index (Phi) is 12.3. The number of nitrogens with two attached hydrogens (primary N) is 2. The van der Waals surface area contributed by atoms with Crippen molar-refractivity contribution in [2.75, 3.05) is 13.1 Å². The van der Waals surface area contributed by atoms with Gasteiger partial charge in [-0.05, 0) is 61.8 Å². The lowest BCUT2D eigenvalue weighted by molar-refractivity contribution is -0.142. The van der Waals surface area contributed by atoms with E-state index < -0.39 is 65.7 Å². The van der Waals surface area contributed by atoms with Crippen LogP contribution in [0, 0.1) is 0 Å². The molecule has 0 aliphatic carbocycles. The average Bonchev–Trinajstić information content (AvgIpc) is 3.54. The second-order valence-electron chi connectivity index (χ2n) is 12.0. The van der Waals surface area contributed by atoms with Gasteiger partial charge in [-0.1, -0.05) is 42.5 Å². The molecule has 0 unspecified atom stereocenters. The highest BCUT2D eigenvalue weighted by Gasteiger charge is 2.39. The minimum absolute atomic E-state index is 0.0782. The highest BCUT2D eigenvalue weighted by atomic mass is 16.3. The summed E-state index contributed by atoms with van der Waals surface area (Å²) in [5, 5.41) is 20.4. The SMILES string of the molecule is NC(=O)[C@@H]1CC(=O)NCCCC[C@@H](NC(=O)[C@@H](N)Cc2ccc(O)cc2)C(=O)N[C@@H](Cc2ccccc2)C(=O)N2CCC[C@H]2C(=O)N1. The lowest BCUT2D eigenvalue weighted by atomic mass is 10.0. The van der Waals surface area contributed by atoms with E-state index in [1.165, 1.54) is 17.0 Å². The van der Waals surface area contributed by atoms with E-state index in [-0.39, 0.29) is 44.5 Å². The van der Waals surface area contributed by atoms with E-state index in [1.807, 2.05) is 30.3 Å². The Hall–Kier alpha value is -4.98. The molecule has 2 saturated heterocycles. The van der Waals surface area contributed by atoms with Gasteiger partial charge in [0.05, 0.1) is 12.5 Å². The fourth-order valence-electron chi connectivity index (χ4n) is 5.80. The van der Waals surface area contributed by atoms with Gasteiger partial charge < -0.3 is 42.7 Å². The molecule has 14 nitrogen and oxygen atoms in total. The molecule has 2 aliphatic heterocycles. The molecule has 2 fully saturated rings. The zero-order valence-corrected chi connectivity index (χ0v) is 26.2. The number of hydrogen-bond acceptors (Lipinski definition) is 8. The molecule has 0 aromatic heterocycles. The molecule has 0 radical (unpaired) electrons. The number of phenols is 1. The third-order valence-corrected chi connectivity index (χ3v) is 8.39. The van der Waals surface area contributed by atoms with Crippen LogP contribution < -0.4 is 32.7 Å². The van der Waals surface area contributed by atoms with Crippen molar-refractivity contribution in [3.05, 3.63) is 65.7 Å². The maximum atomic E-state index is 14.1. The van der Waals surface area contributed by atoms with Gasteiger partial charge in [-0.15, -0.1) is 0 Å². The van der Waals surface area contributed by atoms with Gasteiger partial charge in [0.2, 0.25) is 35.4 Å². The number of nitrogens with zero attached hydrogens (tertiary/aromatic N) is 1. The number of fused-ring (bicyclic) bond motifs is 1. The van der Waals surface area contributed by atoms with Gasteiger partial charge in [0.15, 0.2) is 0 Å². The zero-order valence-electron chi connectivity index (χ0n) is 26.2. The van der Waals surface area contributed by atoms with Crippen LogP contribution in [0.1, 0.15) is 49.7 Å². The van der Waals surface area contributed by atoms with E-state index in [0.717, 1.165) is 11.1 Å². The van der Waals surface area contributed by atoms with E-state index in [1.54, 1.807) is 12.1 Å². The van der Waals surface area contributed by atoms with Gasteiger partial charge in [-0.2, -0.15) is 0 Å². The van der Waals surface area contributed by atoms with Gasteiger partial charge >= 0.3 is 0 Å². The molecule has 0 saturated carbocycles. The summed E-state index contributed by atoms with van der Waals surface area (Å²) in [5.41, 5.74) is 13.2.